The predicted octanol–water partition coefficient (Wildman–Crippen LogP) is 5.19. The zero-order chi connectivity index (χ0) is 15.4. The van der Waals surface area contributed by atoms with E-state index in [1.807, 2.05) is 6.92 Å². The topological polar surface area (TPSA) is 46.5 Å². The lowest BCUT2D eigenvalue weighted by atomic mass is 10.2. The van der Waals surface area contributed by atoms with Gasteiger partial charge in [0.2, 0.25) is 0 Å². The highest BCUT2D eigenvalue weighted by Crippen LogP contribution is 2.34. The van der Waals surface area contributed by atoms with Crippen LogP contribution in [0.2, 0.25) is 0 Å². The minimum absolute atomic E-state index is 0.0145. The van der Waals surface area contributed by atoms with Crippen molar-refractivity contribution in [2.24, 2.45) is 0 Å². The molecule has 0 amide bonds. The monoisotopic (exact) mass is 370 g/mol. The Balaban J connectivity index is 2.43. The van der Waals surface area contributed by atoms with Crippen LogP contribution in [0, 0.1) is 5.82 Å². The van der Waals surface area contributed by atoms with E-state index in [4.69, 9.17) is 4.74 Å². The first-order valence-corrected chi connectivity index (χ1v) is 7.92. The summed E-state index contributed by atoms with van der Waals surface area (Å²) in [4.78, 5) is 12.0. The fourth-order valence-electron chi connectivity index (χ4n) is 1.76. The number of hydrogen-bond acceptors (Lipinski definition) is 3. The van der Waals surface area contributed by atoms with E-state index in [1.165, 1.54) is 30.0 Å². The number of rotatable bonds is 5. The third-order valence-electron chi connectivity index (χ3n) is 2.62. The molecule has 21 heavy (non-hydrogen) atoms. The second-order valence-electron chi connectivity index (χ2n) is 4.04. The van der Waals surface area contributed by atoms with Crippen molar-refractivity contribution in [2.45, 2.75) is 11.8 Å². The summed E-state index contributed by atoms with van der Waals surface area (Å²) < 4.78 is 19.8. The van der Waals surface area contributed by atoms with Crippen LogP contribution in [-0.2, 0) is 0 Å². The van der Waals surface area contributed by atoms with Crippen LogP contribution in [0.4, 0.5) is 4.39 Å². The van der Waals surface area contributed by atoms with Crippen molar-refractivity contribution < 1.29 is 19.0 Å². The largest absolute Gasteiger partial charge is 0.478 e. The first kappa shape index (κ1) is 15.9. The molecule has 2 rings (SSSR count). The van der Waals surface area contributed by atoms with Crippen LogP contribution >= 0.6 is 27.7 Å². The molecule has 0 saturated carbocycles. The van der Waals surface area contributed by atoms with Crippen molar-refractivity contribution in [1.82, 2.24) is 0 Å². The minimum atomic E-state index is -1.10. The third-order valence-corrected chi connectivity index (χ3v) is 4.05. The number of benzene rings is 2. The Bertz CT molecular complexity index is 676. The van der Waals surface area contributed by atoms with Gasteiger partial charge >= 0.3 is 5.97 Å². The fourth-order valence-corrected chi connectivity index (χ4v) is 2.91. The molecule has 0 bridgehead atoms. The number of carboxylic acid groups (broad SMARTS) is 1. The molecule has 0 radical (unpaired) electrons. The maximum atomic E-state index is 13.8. The maximum Gasteiger partial charge on any atom is 0.340 e. The van der Waals surface area contributed by atoms with Gasteiger partial charge in [-0.25, -0.2) is 9.18 Å². The van der Waals surface area contributed by atoms with Crippen molar-refractivity contribution >= 4 is 33.7 Å². The van der Waals surface area contributed by atoms with E-state index in [1.54, 1.807) is 18.2 Å². The van der Waals surface area contributed by atoms with E-state index in [2.05, 4.69) is 15.9 Å². The zero-order valence-electron chi connectivity index (χ0n) is 11.1. The van der Waals surface area contributed by atoms with Crippen LogP contribution in [-0.4, -0.2) is 16.8 Å². The van der Waals surface area contributed by atoms with E-state index < -0.39 is 11.8 Å². The number of aromatic carboxylic acids is 1. The summed E-state index contributed by atoms with van der Waals surface area (Å²) >= 11 is 4.56. The summed E-state index contributed by atoms with van der Waals surface area (Å²) in [5.74, 6) is -0.814. The maximum absolute atomic E-state index is 13.8. The normalized spacial score (nSPS) is 10.4. The molecule has 6 heteroatoms. The molecule has 0 aliphatic heterocycles. The number of halogens is 2. The van der Waals surface area contributed by atoms with Crippen molar-refractivity contribution in [1.29, 1.82) is 0 Å². The molecule has 0 unspecified atom stereocenters. The molecule has 1 N–H and O–H groups in total. The van der Waals surface area contributed by atoms with Crippen LogP contribution in [0.5, 0.6) is 11.5 Å². The van der Waals surface area contributed by atoms with Crippen molar-refractivity contribution in [3.63, 3.8) is 0 Å². The first-order valence-electron chi connectivity index (χ1n) is 6.15. The highest BCUT2D eigenvalue weighted by atomic mass is 79.9. The number of thioether (sulfide) groups is 1. The number of carboxylic acids is 1. The van der Waals surface area contributed by atoms with E-state index in [9.17, 15) is 14.3 Å². The van der Waals surface area contributed by atoms with Crippen LogP contribution in [0.15, 0.2) is 45.8 Å². The Labute approximate surface area is 134 Å². The Hall–Kier alpha value is -1.53. The van der Waals surface area contributed by atoms with Gasteiger partial charge in [-0.05, 0) is 36.1 Å². The van der Waals surface area contributed by atoms with Crippen molar-refractivity contribution in [2.75, 3.05) is 5.75 Å². The lowest BCUT2D eigenvalue weighted by Crippen LogP contribution is -2.03. The van der Waals surface area contributed by atoms with Gasteiger partial charge in [0.25, 0.3) is 0 Å². The van der Waals surface area contributed by atoms with Gasteiger partial charge in [0, 0.05) is 9.37 Å². The van der Waals surface area contributed by atoms with Gasteiger partial charge < -0.3 is 9.84 Å². The average molecular weight is 371 g/mol. The minimum Gasteiger partial charge on any atom is -0.478 e. The van der Waals surface area contributed by atoms with E-state index in [0.717, 1.165) is 5.75 Å². The van der Waals surface area contributed by atoms with Gasteiger partial charge in [-0.3, -0.25) is 0 Å². The zero-order valence-corrected chi connectivity index (χ0v) is 13.5. The second-order valence-corrected chi connectivity index (χ2v) is 6.27. The molecule has 0 aliphatic carbocycles. The van der Waals surface area contributed by atoms with Crippen LogP contribution in [0.3, 0.4) is 0 Å². The smallest absolute Gasteiger partial charge is 0.340 e. The molecule has 2 aromatic carbocycles. The third kappa shape index (κ3) is 3.77. The van der Waals surface area contributed by atoms with E-state index >= 15 is 0 Å². The Morgan fingerprint density at radius 3 is 2.71 bits per heavy atom. The summed E-state index contributed by atoms with van der Waals surface area (Å²) in [5.41, 5.74) is 0.0478. The number of carbonyl (C=O) groups is 1. The predicted molar refractivity (Wildman–Crippen MR) is 84.0 cm³/mol. The van der Waals surface area contributed by atoms with E-state index in [0.29, 0.717) is 9.37 Å². The molecule has 110 valence electrons. The SMILES string of the molecule is CCSc1cccc(Oc2ccc(Br)cc2F)c1C(=O)O. The number of hydrogen-bond donors (Lipinski definition) is 1. The summed E-state index contributed by atoms with van der Waals surface area (Å²) in [6, 6.07) is 9.26. The van der Waals surface area contributed by atoms with Crippen molar-refractivity contribution in [3.05, 3.63) is 52.3 Å². The standard InChI is InChI=1S/C15H12BrFO3S/c1-2-21-13-5-3-4-12(14(13)15(18)19)20-11-7-6-9(16)8-10(11)17/h3-8H,2H2,1H3,(H,18,19). The summed E-state index contributed by atoms with van der Waals surface area (Å²) in [7, 11) is 0. The molecule has 0 aliphatic rings. The van der Waals surface area contributed by atoms with Gasteiger partial charge in [-0.1, -0.05) is 28.9 Å². The van der Waals surface area contributed by atoms with E-state index in [-0.39, 0.29) is 17.1 Å². The highest BCUT2D eigenvalue weighted by molar-refractivity contribution is 9.10. The molecule has 0 fully saturated rings. The molecule has 2 aromatic rings. The molecule has 0 atom stereocenters. The van der Waals surface area contributed by atoms with Crippen LogP contribution in [0.1, 0.15) is 17.3 Å². The molecular weight excluding hydrogens is 359 g/mol. The van der Waals surface area contributed by atoms with Gasteiger partial charge in [0.1, 0.15) is 11.3 Å². The lowest BCUT2D eigenvalue weighted by molar-refractivity contribution is 0.0690. The second kappa shape index (κ2) is 6.95. The summed E-state index contributed by atoms with van der Waals surface area (Å²) in [6.07, 6.45) is 0. The molecule has 0 saturated heterocycles. The molecule has 0 spiro atoms. The highest BCUT2D eigenvalue weighted by Gasteiger charge is 2.18. The first-order chi connectivity index (χ1) is 10.0. The Morgan fingerprint density at radius 2 is 2.10 bits per heavy atom. The quantitative estimate of drug-likeness (QED) is 0.735. The summed E-state index contributed by atoms with van der Waals surface area (Å²) in [6.45, 7) is 1.93. The van der Waals surface area contributed by atoms with Crippen molar-refractivity contribution in [3.8, 4) is 11.5 Å². The molecular formula is C15H12BrFO3S. The summed E-state index contributed by atoms with van der Waals surface area (Å²) in [5, 5.41) is 9.37. The molecule has 0 aromatic heterocycles. The Morgan fingerprint density at radius 1 is 1.33 bits per heavy atom. The van der Waals surface area contributed by atoms with Gasteiger partial charge in [-0.2, -0.15) is 0 Å². The van der Waals surface area contributed by atoms with Crippen LogP contribution < -0.4 is 4.74 Å². The van der Waals surface area contributed by atoms with Gasteiger partial charge in [0.15, 0.2) is 11.6 Å². The molecule has 0 heterocycles. The average Bonchev–Trinajstić information content (AvgIpc) is 2.42. The fraction of sp³-hybridized carbons (Fsp3) is 0.133. The van der Waals surface area contributed by atoms with Gasteiger partial charge in [0.05, 0.1) is 0 Å². The number of ether oxygens (including phenoxy) is 1. The van der Waals surface area contributed by atoms with Gasteiger partial charge in [-0.15, -0.1) is 11.8 Å². The van der Waals surface area contributed by atoms with Crippen LogP contribution in [0.25, 0.3) is 0 Å². The molecule has 3 nitrogen and oxygen atoms in total. The Kier molecular flexibility index (Phi) is 5.25. The lowest BCUT2D eigenvalue weighted by Gasteiger charge is -2.12.